The molecule has 50 valence electrons. The highest BCUT2D eigenvalue weighted by molar-refractivity contribution is 6.06. The van der Waals surface area contributed by atoms with Crippen molar-refractivity contribution in [2.75, 3.05) is 6.54 Å². The number of ketones is 1. The van der Waals surface area contributed by atoms with Gasteiger partial charge in [-0.2, -0.15) is 0 Å². The fraction of sp³-hybridized carbons (Fsp3) is 0.600. The zero-order valence-electron chi connectivity index (χ0n) is 4.89. The SMILES string of the molecule is NC(=O)[C@@H]1NCCC1=O. The largest absolute Gasteiger partial charge is 0.368 e. The quantitative estimate of drug-likeness (QED) is 0.418. The number of hydrogen-bond donors (Lipinski definition) is 2. The summed E-state index contributed by atoms with van der Waals surface area (Å²) in [6, 6.07) is -0.718. The number of nitrogens with one attached hydrogen (secondary N) is 1. The van der Waals surface area contributed by atoms with Gasteiger partial charge in [0.1, 0.15) is 6.04 Å². The van der Waals surface area contributed by atoms with Crippen LogP contribution in [0.4, 0.5) is 0 Å². The molecule has 0 saturated carbocycles. The molecule has 0 bridgehead atoms. The van der Waals surface area contributed by atoms with Crippen LogP contribution in [-0.4, -0.2) is 24.3 Å². The van der Waals surface area contributed by atoms with E-state index in [9.17, 15) is 9.59 Å². The first-order valence-corrected chi connectivity index (χ1v) is 2.77. The Morgan fingerprint density at radius 3 is 2.67 bits per heavy atom. The van der Waals surface area contributed by atoms with Crippen molar-refractivity contribution in [1.82, 2.24) is 5.32 Å². The number of rotatable bonds is 1. The first kappa shape index (κ1) is 6.22. The lowest BCUT2D eigenvalue weighted by atomic mass is 10.2. The van der Waals surface area contributed by atoms with Crippen LogP contribution >= 0.6 is 0 Å². The molecule has 1 aliphatic heterocycles. The van der Waals surface area contributed by atoms with Gasteiger partial charge in [0.05, 0.1) is 0 Å². The fourth-order valence-electron chi connectivity index (χ4n) is 0.857. The molecule has 1 heterocycles. The topological polar surface area (TPSA) is 72.2 Å². The van der Waals surface area contributed by atoms with Gasteiger partial charge in [0, 0.05) is 13.0 Å². The van der Waals surface area contributed by atoms with Crippen LogP contribution in [0.1, 0.15) is 6.42 Å². The van der Waals surface area contributed by atoms with Crippen molar-refractivity contribution in [2.24, 2.45) is 5.73 Å². The van der Waals surface area contributed by atoms with E-state index in [1.54, 1.807) is 0 Å². The van der Waals surface area contributed by atoms with Crippen molar-refractivity contribution in [3.8, 4) is 0 Å². The zero-order chi connectivity index (χ0) is 6.85. The van der Waals surface area contributed by atoms with Gasteiger partial charge in [0.2, 0.25) is 5.91 Å². The molecule has 1 aliphatic rings. The first-order valence-electron chi connectivity index (χ1n) is 2.77. The van der Waals surface area contributed by atoms with Crippen LogP contribution in [0.2, 0.25) is 0 Å². The van der Waals surface area contributed by atoms with Crippen LogP contribution in [-0.2, 0) is 9.59 Å². The number of carbonyl (C=O) groups is 2. The third-order valence-corrected chi connectivity index (χ3v) is 1.33. The summed E-state index contributed by atoms with van der Waals surface area (Å²) < 4.78 is 0. The van der Waals surface area contributed by atoms with E-state index in [1.807, 2.05) is 0 Å². The van der Waals surface area contributed by atoms with Gasteiger partial charge in [-0.1, -0.05) is 0 Å². The van der Waals surface area contributed by atoms with Gasteiger partial charge in [-0.15, -0.1) is 0 Å². The van der Waals surface area contributed by atoms with Crippen molar-refractivity contribution in [1.29, 1.82) is 0 Å². The van der Waals surface area contributed by atoms with Crippen LogP contribution in [0.5, 0.6) is 0 Å². The average Bonchev–Trinajstić information content (AvgIpc) is 2.13. The number of Topliss-reactive ketones (excluding diaryl/α,β-unsaturated/α-hetero) is 1. The summed E-state index contributed by atoms with van der Waals surface area (Å²) in [6.45, 7) is 0.576. The van der Waals surface area contributed by atoms with Gasteiger partial charge in [0.15, 0.2) is 5.78 Å². The Kier molecular flexibility index (Phi) is 1.48. The highest BCUT2D eigenvalue weighted by Crippen LogP contribution is 1.98. The van der Waals surface area contributed by atoms with Crippen LogP contribution < -0.4 is 11.1 Å². The lowest BCUT2D eigenvalue weighted by molar-refractivity contribution is -0.127. The van der Waals surface area contributed by atoms with Crippen molar-refractivity contribution >= 4 is 11.7 Å². The van der Waals surface area contributed by atoms with E-state index in [1.165, 1.54) is 0 Å². The average molecular weight is 128 g/mol. The van der Waals surface area contributed by atoms with E-state index in [4.69, 9.17) is 5.73 Å². The second-order valence-electron chi connectivity index (χ2n) is 2.01. The normalized spacial score (nSPS) is 26.7. The molecule has 0 aromatic rings. The highest BCUT2D eigenvalue weighted by atomic mass is 16.2. The van der Waals surface area contributed by atoms with E-state index in [-0.39, 0.29) is 5.78 Å². The van der Waals surface area contributed by atoms with Gasteiger partial charge >= 0.3 is 0 Å². The molecule has 4 heteroatoms. The molecule has 4 nitrogen and oxygen atoms in total. The molecular weight excluding hydrogens is 120 g/mol. The summed E-state index contributed by atoms with van der Waals surface area (Å²) in [5, 5.41) is 2.68. The minimum absolute atomic E-state index is 0.0949. The van der Waals surface area contributed by atoms with Crippen LogP contribution in [0, 0.1) is 0 Å². The summed E-state index contributed by atoms with van der Waals surface area (Å²) >= 11 is 0. The predicted octanol–water partition coefficient (Wildman–Crippen LogP) is -1.60. The standard InChI is InChI=1S/C5H8N2O2/c6-5(9)4-3(8)1-2-7-4/h4,7H,1-2H2,(H2,6,9)/t4-/m1/s1. The lowest BCUT2D eigenvalue weighted by Crippen LogP contribution is -2.40. The Hall–Kier alpha value is -0.900. The minimum atomic E-state index is -0.718. The molecule has 0 unspecified atom stereocenters. The molecule has 1 amide bonds. The second-order valence-corrected chi connectivity index (χ2v) is 2.01. The molecular formula is C5H8N2O2. The fourth-order valence-corrected chi connectivity index (χ4v) is 0.857. The number of carbonyl (C=O) groups excluding carboxylic acids is 2. The zero-order valence-corrected chi connectivity index (χ0v) is 4.89. The molecule has 1 atom stereocenters. The first-order chi connectivity index (χ1) is 4.22. The van der Waals surface area contributed by atoms with Gasteiger partial charge in [-0.05, 0) is 0 Å². The van der Waals surface area contributed by atoms with Crippen molar-refractivity contribution < 1.29 is 9.59 Å². The van der Waals surface area contributed by atoms with E-state index < -0.39 is 11.9 Å². The van der Waals surface area contributed by atoms with Gasteiger partial charge < -0.3 is 5.73 Å². The molecule has 0 aromatic heterocycles. The van der Waals surface area contributed by atoms with Crippen molar-refractivity contribution in [2.45, 2.75) is 12.5 Å². The van der Waals surface area contributed by atoms with Crippen molar-refractivity contribution in [3.05, 3.63) is 0 Å². The number of hydrogen-bond acceptors (Lipinski definition) is 3. The monoisotopic (exact) mass is 128 g/mol. The third-order valence-electron chi connectivity index (χ3n) is 1.33. The van der Waals surface area contributed by atoms with E-state index >= 15 is 0 Å². The van der Waals surface area contributed by atoms with E-state index in [0.29, 0.717) is 13.0 Å². The maximum absolute atomic E-state index is 10.7. The van der Waals surface area contributed by atoms with Crippen LogP contribution in [0.25, 0.3) is 0 Å². The van der Waals surface area contributed by atoms with Crippen LogP contribution in [0.3, 0.4) is 0 Å². The Labute approximate surface area is 52.4 Å². The predicted molar refractivity (Wildman–Crippen MR) is 30.6 cm³/mol. The molecule has 1 fully saturated rings. The number of nitrogens with two attached hydrogens (primary N) is 1. The molecule has 3 N–H and O–H groups in total. The van der Waals surface area contributed by atoms with E-state index in [0.717, 1.165) is 0 Å². The van der Waals surface area contributed by atoms with Gasteiger partial charge in [0.25, 0.3) is 0 Å². The second kappa shape index (κ2) is 2.14. The van der Waals surface area contributed by atoms with E-state index in [2.05, 4.69) is 5.32 Å². The van der Waals surface area contributed by atoms with Gasteiger partial charge in [-0.25, -0.2) is 0 Å². The number of amides is 1. The molecule has 0 aromatic carbocycles. The Morgan fingerprint density at radius 1 is 1.78 bits per heavy atom. The molecule has 0 radical (unpaired) electrons. The Morgan fingerprint density at radius 2 is 2.44 bits per heavy atom. The maximum atomic E-state index is 10.7. The summed E-state index contributed by atoms with van der Waals surface area (Å²) in [5.74, 6) is -0.667. The van der Waals surface area contributed by atoms with Crippen molar-refractivity contribution in [3.63, 3.8) is 0 Å². The molecule has 1 saturated heterocycles. The summed E-state index contributed by atoms with van der Waals surface area (Å²) in [4.78, 5) is 21.0. The molecule has 0 spiro atoms. The number of primary amides is 1. The third kappa shape index (κ3) is 1.08. The van der Waals surface area contributed by atoms with Gasteiger partial charge in [-0.3, -0.25) is 14.9 Å². The summed E-state index contributed by atoms with van der Waals surface area (Å²) in [5.41, 5.74) is 4.87. The summed E-state index contributed by atoms with van der Waals surface area (Å²) in [7, 11) is 0. The Balaban J connectivity index is 2.60. The highest BCUT2D eigenvalue weighted by Gasteiger charge is 2.27. The minimum Gasteiger partial charge on any atom is -0.368 e. The molecule has 0 aliphatic carbocycles. The molecule has 9 heavy (non-hydrogen) atoms. The lowest BCUT2D eigenvalue weighted by Gasteiger charge is -1.99. The smallest absolute Gasteiger partial charge is 0.242 e. The Bertz CT molecular complexity index is 155. The molecule has 1 rings (SSSR count). The van der Waals surface area contributed by atoms with Crippen LogP contribution in [0.15, 0.2) is 0 Å². The maximum Gasteiger partial charge on any atom is 0.242 e. The summed E-state index contributed by atoms with van der Waals surface area (Å²) in [6.07, 6.45) is 0.424.